The molecular weight excluding hydrogens is 234 g/mol. The molecular formula is C16H19N3. The van der Waals surface area contributed by atoms with Gasteiger partial charge in [0, 0.05) is 12.7 Å². The molecule has 1 saturated heterocycles. The minimum absolute atomic E-state index is 0.350. The predicted octanol–water partition coefficient (Wildman–Crippen LogP) is 3.16. The third-order valence-electron chi connectivity index (χ3n) is 3.80. The minimum atomic E-state index is 0.350. The van der Waals surface area contributed by atoms with Crippen LogP contribution in [0.5, 0.6) is 0 Å². The van der Waals surface area contributed by atoms with Gasteiger partial charge in [-0.05, 0) is 31.2 Å². The maximum absolute atomic E-state index is 2.40. The second kappa shape index (κ2) is 4.94. The van der Waals surface area contributed by atoms with E-state index in [1.54, 1.807) is 0 Å². The van der Waals surface area contributed by atoms with Crippen molar-refractivity contribution in [3.8, 4) is 0 Å². The van der Waals surface area contributed by atoms with Crippen LogP contribution in [0.15, 0.2) is 60.7 Å². The number of hydrogen-bond donors (Lipinski definition) is 0. The van der Waals surface area contributed by atoms with Crippen LogP contribution in [0.4, 0.5) is 11.4 Å². The summed E-state index contributed by atoms with van der Waals surface area (Å²) in [5.74, 6) is 0. The Labute approximate surface area is 114 Å². The summed E-state index contributed by atoms with van der Waals surface area (Å²) in [6, 6.07) is 21.1. The van der Waals surface area contributed by atoms with Crippen LogP contribution in [0, 0.1) is 0 Å². The fourth-order valence-electron chi connectivity index (χ4n) is 2.55. The quantitative estimate of drug-likeness (QED) is 0.814. The van der Waals surface area contributed by atoms with Crippen molar-refractivity contribution in [1.82, 2.24) is 5.01 Å². The summed E-state index contributed by atoms with van der Waals surface area (Å²) in [6.45, 7) is 3.11. The Morgan fingerprint density at radius 3 is 1.95 bits per heavy atom. The zero-order valence-electron chi connectivity index (χ0n) is 11.4. The van der Waals surface area contributed by atoms with Crippen LogP contribution in [0.25, 0.3) is 0 Å². The van der Waals surface area contributed by atoms with Crippen LogP contribution in [-0.4, -0.2) is 24.9 Å². The first-order chi connectivity index (χ1) is 9.27. The molecule has 1 atom stereocenters. The van der Waals surface area contributed by atoms with Crippen molar-refractivity contribution in [3.05, 3.63) is 60.7 Å². The highest BCUT2D eigenvalue weighted by Crippen LogP contribution is 2.28. The van der Waals surface area contributed by atoms with Crippen molar-refractivity contribution < 1.29 is 0 Å². The number of nitrogens with zero attached hydrogens (tertiary/aromatic N) is 3. The summed E-state index contributed by atoms with van der Waals surface area (Å²) in [5.41, 5.74) is 2.50. The molecule has 3 rings (SSSR count). The van der Waals surface area contributed by atoms with Gasteiger partial charge in [0.2, 0.25) is 0 Å². The summed E-state index contributed by atoms with van der Waals surface area (Å²) in [7, 11) is 2.14. The van der Waals surface area contributed by atoms with E-state index in [1.807, 2.05) is 0 Å². The third-order valence-corrected chi connectivity index (χ3v) is 3.80. The van der Waals surface area contributed by atoms with Gasteiger partial charge in [-0.1, -0.05) is 36.4 Å². The number of hydrogen-bond acceptors (Lipinski definition) is 3. The molecule has 1 heterocycles. The van der Waals surface area contributed by atoms with E-state index < -0.39 is 0 Å². The normalized spacial score (nSPS) is 20.0. The third kappa shape index (κ3) is 2.17. The molecule has 0 radical (unpaired) electrons. The summed E-state index contributed by atoms with van der Waals surface area (Å²) in [4.78, 5) is 2.40. The topological polar surface area (TPSA) is 9.72 Å². The maximum Gasteiger partial charge on any atom is 0.107 e. The van der Waals surface area contributed by atoms with Gasteiger partial charge in [-0.15, -0.1) is 0 Å². The van der Waals surface area contributed by atoms with E-state index in [0.717, 1.165) is 6.67 Å². The van der Waals surface area contributed by atoms with Crippen molar-refractivity contribution in [2.45, 2.75) is 13.1 Å². The van der Waals surface area contributed by atoms with Crippen LogP contribution >= 0.6 is 0 Å². The lowest BCUT2D eigenvalue weighted by atomic mass is 10.3. The fourth-order valence-corrected chi connectivity index (χ4v) is 2.55. The molecule has 1 aliphatic rings. The molecule has 0 amide bonds. The van der Waals surface area contributed by atoms with Gasteiger partial charge in [-0.25, -0.2) is 0 Å². The Balaban J connectivity index is 1.88. The summed E-state index contributed by atoms with van der Waals surface area (Å²) in [6.07, 6.45) is 0.350. The van der Waals surface area contributed by atoms with Gasteiger partial charge in [-0.2, -0.15) is 5.01 Å². The first kappa shape index (κ1) is 12.1. The number of para-hydroxylation sites is 2. The largest absolute Gasteiger partial charge is 0.335 e. The molecule has 2 aromatic carbocycles. The first-order valence-electron chi connectivity index (χ1n) is 6.64. The molecule has 98 valence electrons. The molecule has 0 aliphatic carbocycles. The molecule has 3 heteroatoms. The highest BCUT2D eigenvalue weighted by Gasteiger charge is 2.32. The Kier molecular flexibility index (Phi) is 3.13. The Morgan fingerprint density at radius 2 is 1.37 bits per heavy atom. The summed E-state index contributed by atoms with van der Waals surface area (Å²) >= 11 is 0. The highest BCUT2D eigenvalue weighted by atomic mass is 15.7. The zero-order valence-corrected chi connectivity index (χ0v) is 11.4. The van der Waals surface area contributed by atoms with Gasteiger partial charge in [0.15, 0.2) is 0 Å². The molecule has 1 unspecified atom stereocenters. The standard InChI is InChI=1S/C16H19N3/c1-14-17(2)19(16-11-7-4-8-12-16)13-18(14)15-9-5-3-6-10-15/h3-12,14H,13H2,1-2H3. The Bertz CT molecular complexity index is 477. The van der Waals surface area contributed by atoms with Crippen LogP contribution in [0.2, 0.25) is 0 Å². The van der Waals surface area contributed by atoms with E-state index in [9.17, 15) is 0 Å². The van der Waals surface area contributed by atoms with Crippen molar-refractivity contribution in [2.24, 2.45) is 0 Å². The Hall–Kier alpha value is -2.00. The number of anilines is 2. The molecule has 0 spiro atoms. The molecule has 0 N–H and O–H groups in total. The van der Waals surface area contributed by atoms with E-state index >= 15 is 0 Å². The van der Waals surface area contributed by atoms with Crippen LogP contribution in [0.1, 0.15) is 6.92 Å². The van der Waals surface area contributed by atoms with Gasteiger partial charge in [-0.3, -0.25) is 5.01 Å². The molecule has 2 aromatic rings. The monoisotopic (exact) mass is 253 g/mol. The lowest BCUT2D eigenvalue weighted by molar-refractivity contribution is 0.305. The first-order valence-corrected chi connectivity index (χ1v) is 6.64. The summed E-state index contributed by atoms with van der Waals surface area (Å²) in [5, 5.41) is 4.58. The lowest BCUT2D eigenvalue weighted by Crippen LogP contribution is -2.37. The fraction of sp³-hybridized carbons (Fsp3) is 0.250. The molecule has 0 aromatic heterocycles. The number of hydrazine groups is 1. The van der Waals surface area contributed by atoms with Crippen LogP contribution in [-0.2, 0) is 0 Å². The second-order valence-electron chi connectivity index (χ2n) is 4.89. The average molecular weight is 253 g/mol. The number of rotatable bonds is 2. The second-order valence-corrected chi connectivity index (χ2v) is 4.89. The zero-order chi connectivity index (χ0) is 13.2. The number of benzene rings is 2. The molecule has 19 heavy (non-hydrogen) atoms. The molecule has 0 bridgehead atoms. The van der Waals surface area contributed by atoms with Gasteiger partial charge < -0.3 is 4.90 Å². The van der Waals surface area contributed by atoms with Crippen molar-refractivity contribution >= 4 is 11.4 Å². The van der Waals surface area contributed by atoms with Gasteiger partial charge >= 0.3 is 0 Å². The van der Waals surface area contributed by atoms with Crippen molar-refractivity contribution in [1.29, 1.82) is 0 Å². The van der Waals surface area contributed by atoms with E-state index in [2.05, 4.69) is 89.6 Å². The SMILES string of the molecule is CC1N(c2ccccc2)CN(c2ccccc2)N1C. The van der Waals surface area contributed by atoms with Crippen LogP contribution in [0.3, 0.4) is 0 Å². The Morgan fingerprint density at radius 1 is 0.842 bits per heavy atom. The van der Waals surface area contributed by atoms with E-state index in [0.29, 0.717) is 6.17 Å². The molecule has 3 nitrogen and oxygen atoms in total. The van der Waals surface area contributed by atoms with Crippen molar-refractivity contribution in [3.63, 3.8) is 0 Å². The average Bonchev–Trinajstić information content (AvgIpc) is 2.77. The highest BCUT2D eigenvalue weighted by molar-refractivity contribution is 5.54. The van der Waals surface area contributed by atoms with E-state index in [-0.39, 0.29) is 0 Å². The molecule has 1 fully saturated rings. The lowest BCUT2D eigenvalue weighted by Gasteiger charge is -2.26. The predicted molar refractivity (Wildman–Crippen MR) is 79.9 cm³/mol. The van der Waals surface area contributed by atoms with Crippen LogP contribution < -0.4 is 9.91 Å². The smallest absolute Gasteiger partial charge is 0.107 e. The van der Waals surface area contributed by atoms with E-state index in [1.165, 1.54) is 11.4 Å². The minimum Gasteiger partial charge on any atom is -0.335 e. The maximum atomic E-state index is 2.40. The molecule has 1 aliphatic heterocycles. The van der Waals surface area contributed by atoms with E-state index in [4.69, 9.17) is 0 Å². The van der Waals surface area contributed by atoms with Gasteiger partial charge in [0.05, 0.1) is 11.9 Å². The van der Waals surface area contributed by atoms with Gasteiger partial charge in [0.25, 0.3) is 0 Å². The van der Waals surface area contributed by atoms with Gasteiger partial charge in [0.1, 0.15) is 6.67 Å². The van der Waals surface area contributed by atoms with Crippen molar-refractivity contribution in [2.75, 3.05) is 23.6 Å². The molecule has 0 saturated carbocycles. The summed E-state index contributed by atoms with van der Waals surface area (Å²) < 4.78 is 0.